The quantitative estimate of drug-likeness (QED) is 0.486. The van der Waals surface area contributed by atoms with Crippen LogP contribution in [0.2, 0.25) is 0 Å². The Morgan fingerprint density at radius 3 is 2.12 bits per heavy atom. The maximum atomic E-state index is 13.7. The zero-order valence-electron chi connectivity index (χ0n) is 17.7. The second-order valence-electron chi connectivity index (χ2n) is 6.87. The van der Waals surface area contributed by atoms with Crippen LogP contribution in [0.15, 0.2) is 83.8 Å². The minimum absolute atomic E-state index is 0.120. The molecule has 0 spiro atoms. The summed E-state index contributed by atoms with van der Waals surface area (Å²) in [6.45, 7) is -0.555. The SMILES string of the molecule is COC(=O)CN(c1ccccc1Cc1ccccc1)S(=O)(=O)c1ccccc1C(=O)OC. The van der Waals surface area contributed by atoms with Crippen LogP contribution < -0.4 is 4.31 Å². The van der Waals surface area contributed by atoms with Crippen molar-refractivity contribution in [3.63, 3.8) is 0 Å². The largest absolute Gasteiger partial charge is 0.468 e. The van der Waals surface area contributed by atoms with Crippen LogP contribution >= 0.6 is 0 Å². The number of anilines is 1. The minimum atomic E-state index is -4.33. The number of hydrogen-bond donors (Lipinski definition) is 0. The third kappa shape index (κ3) is 4.97. The molecular weight excluding hydrogens is 430 g/mol. The molecule has 0 aliphatic heterocycles. The van der Waals surface area contributed by atoms with Gasteiger partial charge in [-0.3, -0.25) is 9.10 Å². The number of methoxy groups -OCH3 is 2. The third-order valence-corrected chi connectivity index (χ3v) is 6.68. The van der Waals surface area contributed by atoms with E-state index < -0.39 is 28.5 Å². The number of sulfonamides is 1. The number of benzene rings is 3. The Labute approximate surface area is 187 Å². The van der Waals surface area contributed by atoms with Crippen LogP contribution in [-0.2, 0) is 30.7 Å². The Balaban J connectivity index is 2.16. The summed E-state index contributed by atoms with van der Waals surface area (Å²) in [6, 6.07) is 22.2. The van der Waals surface area contributed by atoms with Gasteiger partial charge >= 0.3 is 11.9 Å². The van der Waals surface area contributed by atoms with Gasteiger partial charge in [0.2, 0.25) is 0 Å². The van der Waals surface area contributed by atoms with Crippen molar-refractivity contribution in [2.75, 3.05) is 25.1 Å². The molecule has 7 nitrogen and oxygen atoms in total. The zero-order chi connectivity index (χ0) is 23.1. The lowest BCUT2D eigenvalue weighted by atomic mass is 10.0. The van der Waals surface area contributed by atoms with Crippen molar-refractivity contribution in [2.24, 2.45) is 0 Å². The van der Waals surface area contributed by atoms with Crippen molar-refractivity contribution in [1.29, 1.82) is 0 Å². The molecule has 3 rings (SSSR count). The summed E-state index contributed by atoms with van der Waals surface area (Å²) in [7, 11) is -1.97. The fourth-order valence-corrected chi connectivity index (χ4v) is 4.92. The van der Waals surface area contributed by atoms with E-state index in [2.05, 4.69) is 0 Å². The summed E-state index contributed by atoms with van der Waals surface area (Å²) in [5.74, 6) is -1.53. The minimum Gasteiger partial charge on any atom is -0.468 e. The Kier molecular flexibility index (Phi) is 7.27. The molecule has 0 saturated heterocycles. The Hall–Kier alpha value is -3.65. The lowest BCUT2D eigenvalue weighted by molar-refractivity contribution is -0.138. The number of esters is 2. The molecule has 32 heavy (non-hydrogen) atoms. The molecule has 0 fully saturated rings. The number of nitrogens with zero attached hydrogens (tertiary/aromatic N) is 1. The summed E-state index contributed by atoms with van der Waals surface area (Å²) in [4.78, 5) is 24.2. The van der Waals surface area contributed by atoms with E-state index in [-0.39, 0.29) is 10.5 Å². The molecule has 166 valence electrons. The maximum absolute atomic E-state index is 13.7. The predicted molar refractivity (Wildman–Crippen MR) is 120 cm³/mol. The molecule has 0 aromatic heterocycles. The van der Waals surface area contributed by atoms with Gasteiger partial charge in [-0.1, -0.05) is 60.7 Å². The summed E-state index contributed by atoms with van der Waals surface area (Å²) in [6.07, 6.45) is 0.447. The van der Waals surface area contributed by atoms with Gasteiger partial charge in [-0.15, -0.1) is 0 Å². The second-order valence-corrected chi connectivity index (χ2v) is 8.70. The van der Waals surface area contributed by atoms with Crippen LogP contribution in [0.3, 0.4) is 0 Å². The van der Waals surface area contributed by atoms with E-state index in [0.29, 0.717) is 17.7 Å². The number of carbonyl (C=O) groups is 2. The first-order valence-electron chi connectivity index (χ1n) is 9.77. The van der Waals surface area contributed by atoms with Crippen LogP contribution in [0.25, 0.3) is 0 Å². The van der Waals surface area contributed by atoms with Gasteiger partial charge in [0.1, 0.15) is 11.4 Å². The van der Waals surface area contributed by atoms with E-state index >= 15 is 0 Å². The molecule has 0 N–H and O–H groups in total. The first-order valence-corrected chi connectivity index (χ1v) is 11.2. The monoisotopic (exact) mass is 453 g/mol. The fourth-order valence-electron chi connectivity index (χ4n) is 3.29. The van der Waals surface area contributed by atoms with Crippen LogP contribution in [0.5, 0.6) is 0 Å². The van der Waals surface area contributed by atoms with Gasteiger partial charge in [0.05, 0.1) is 25.5 Å². The van der Waals surface area contributed by atoms with Gasteiger partial charge in [-0.05, 0) is 35.7 Å². The highest BCUT2D eigenvalue weighted by molar-refractivity contribution is 7.93. The van der Waals surface area contributed by atoms with Crippen molar-refractivity contribution in [2.45, 2.75) is 11.3 Å². The van der Waals surface area contributed by atoms with Gasteiger partial charge in [-0.2, -0.15) is 0 Å². The van der Waals surface area contributed by atoms with E-state index in [9.17, 15) is 18.0 Å². The molecule has 0 radical (unpaired) electrons. The Morgan fingerprint density at radius 2 is 1.44 bits per heavy atom. The van der Waals surface area contributed by atoms with Crippen LogP contribution in [0.4, 0.5) is 5.69 Å². The molecule has 0 unspecified atom stereocenters. The van der Waals surface area contributed by atoms with Gasteiger partial charge in [0.25, 0.3) is 10.0 Å². The molecule has 0 aliphatic rings. The zero-order valence-corrected chi connectivity index (χ0v) is 18.5. The second kappa shape index (κ2) is 10.1. The van der Waals surface area contributed by atoms with Crippen molar-refractivity contribution < 1.29 is 27.5 Å². The molecule has 0 atom stereocenters. The van der Waals surface area contributed by atoms with E-state index in [1.165, 1.54) is 32.4 Å². The molecule has 0 saturated carbocycles. The van der Waals surface area contributed by atoms with E-state index in [1.807, 2.05) is 30.3 Å². The van der Waals surface area contributed by atoms with E-state index in [0.717, 1.165) is 9.87 Å². The first kappa shape index (κ1) is 23.0. The van der Waals surface area contributed by atoms with Crippen molar-refractivity contribution in [3.05, 3.63) is 95.6 Å². The summed E-state index contributed by atoms with van der Waals surface area (Å²) in [5.41, 5.74) is 1.87. The standard InChI is InChI=1S/C24H23NO6S/c1-30-23(26)17-25(32(28,29)22-15-9-7-13-20(22)24(27)31-2)21-14-8-6-12-19(21)16-18-10-4-3-5-11-18/h3-15H,16-17H2,1-2H3. The summed E-state index contributed by atoms with van der Waals surface area (Å²) < 4.78 is 38.0. The smallest absolute Gasteiger partial charge is 0.339 e. The van der Waals surface area contributed by atoms with Gasteiger partial charge in [0, 0.05) is 0 Å². The normalized spacial score (nSPS) is 10.9. The average molecular weight is 454 g/mol. The fraction of sp³-hybridized carbons (Fsp3) is 0.167. The number of ether oxygens (including phenoxy) is 2. The number of rotatable bonds is 8. The molecule has 0 heterocycles. The number of para-hydroxylation sites is 1. The summed E-state index contributed by atoms with van der Waals surface area (Å²) in [5, 5.41) is 0. The number of hydrogen-bond acceptors (Lipinski definition) is 6. The molecular formula is C24H23NO6S. The molecule has 3 aromatic carbocycles. The maximum Gasteiger partial charge on any atom is 0.339 e. The van der Waals surface area contributed by atoms with Gasteiger partial charge in [0.15, 0.2) is 0 Å². The van der Waals surface area contributed by atoms with Crippen molar-refractivity contribution in [3.8, 4) is 0 Å². The van der Waals surface area contributed by atoms with Crippen LogP contribution in [-0.4, -0.2) is 41.1 Å². The van der Waals surface area contributed by atoms with E-state index in [1.54, 1.807) is 30.3 Å². The predicted octanol–water partition coefficient (Wildman–Crippen LogP) is 3.43. The van der Waals surface area contributed by atoms with Crippen LogP contribution in [0.1, 0.15) is 21.5 Å². The number of carbonyl (C=O) groups excluding carboxylic acids is 2. The molecule has 3 aromatic rings. The highest BCUT2D eigenvalue weighted by Gasteiger charge is 2.32. The average Bonchev–Trinajstić information content (AvgIpc) is 2.83. The molecule has 0 amide bonds. The Morgan fingerprint density at radius 1 is 0.812 bits per heavy atom. The lowest BCUT2D eigenvalue weighted by Crippen LogP contribution is -2.37. The van der Waals surface area contributed by atoms with Gasteiger partial charge < -0.3 is 9.47 Å². The highest BCUT2D eigenvalue weighted by Crippen LogP contribution is 2.30. The molecule has 8 heteroatoms. The highest BCUT2D eigenvalue weighted by atomic mass is 32.2. The van der Waals surface area contributed by atoms with Crippen molar-refractivity contribution >= 4 is 27.6 Å². The molecule has 0 aliphatic carbocycles. The van der Waals surface area contributed by atoms with E-state index in [4.69, 9.17) is 9.47 Å². The Bertz CT molecular complexity index is 1210. The first-order chi connectivity index (χ1) is 15.4. The van der Waals surface area contributed by atoms with Crippen LogP contribution in [0, 0.1) is 0 Å². The summed E-state index contributed by atoms with van der Waals surface area (Å²) >= 11 is 0. The van der Waals surface area contributed by atoms with Gasteiger partial charge in [-0.25, -0.2) is 13.2 Å². The molecule has 0 bridgehead atoms. The van der Waals surface area contributed by atoms with Crippen molar-refractivity contribution in [1.82, 2.24) is 0 Å². The third-order valence-electron chi connectivity index (χ3n) is 4.86. The lowest BCUT2D eigenvalue weighted by Gasteiger charge is -2.26. The topological polar surface area (TPSA) is 90.0 Å².